The van der Waals surface area contributed by atoms with Gasteiger partial charge in [0, 0.05) is 21.8 Å². The summed E-state index contributed by atoms with van der Waals surface area (Å²) >= 11 is 18.7. The van der Waals surface area contributed by atoms with Crippen LogP contribution in [0.2, 0.25) is 15.1 Å². The molecule has 142 valence electrons. The fourth-order valence-electron chi connectivity index (χ4n) is 3.05. The Labute approximate surface area is 179 Å². The van der Waals surface area contributed by atoms with Crippen molar-refractivity contribution in [2.45, 2.75) is 0 Å². The highest BCUT2D eigenvalue weighted by atomic mass is 35.5. The van der Waals surface area contributed by atoms with Crippen LogP contribution in [0.25, 0.3) is 34.1 Å². The van der Waals surface area contributed by atoms with Gasteiger partial charge in [-0.2, -0.15) is 9.78 Å². The van der Waals surface area contributed by atoms with Crippen LogP contribution in [0, 0.1) is 0 Å². The molecule has 10 heteroatoms. The fraction of sp³-hybridized carbons (Fsp3) is 0. The minimum Gasteiger partial charge on any atom is -0.226 e. The van der Waals surface area contributed by atoms with E-state index >= 15 is 0 Å². The number of hydrogen-bond acceptors (Lipinski definition) is 5. The summed E-state index contributed by atoms with van der Waals surface area (Å²) in [7, 11) is 0. The van der Waals surface area contributed by atoms with E-state index in [1.54, 1.807) is 51.8 Å². The van der Waals surface area contributed by atoms with Gasteiger partial charge in [-0.1, -0.05) is 34.8 Å². The minimum absolute atomic E-state index is 0.449. The monoisotopic (exact) mass is 441 g/mol. The number of aromatic nitrogens is 7. The van der Waals surface area contributed by atoms with Gasteiger partial charge in [-0.05, 0) is 65.0 Å². The van der Waals surface area contributed by atoms with E-state index in [2.05, 4.69) is 20.6 Å². The standard InChI is InChI=1S/C19H10Cl3N7/c20-11-3-6-13(7-4-11)28-19(25-26-27-28)18-17(14-10-12(21)5-8-15(14)22)24-16-2-1-9-23-29(16)18/h1-10H. The molecule has 0 saturated heterocycles. The maximum atomic E-state index is 6.46. The van der Waals surface area contributed by atoms with E-state index in [1.165, 1.54) is 0 Å². The molecule has 0 bridgehead atoms. The smallest absolute Gasteiger partial charge is 0.207 e. The molecule has 5 aromatic rings. The van der Waals surface area contributed by atoms with E-state index < -0.39 is 0 Å². The van der Waals surface area contributed by atoms with Crippen LogP contribution >= 0.6 is 34.8 Å². The molecule has 0 spiro atoms. The Hall–Kier alpha value is -3.00. The van der Waals surface area contributed by atoms with Gasteiger partial charge in [-0.3, -0.25) is 0 Å². The van der Waals surface area contributed by atoms with Crippen LogP contribution < -0.4 is 0 Å². The molecular formula is C19H10Cl3N7. The number of fused-ring (bicyclic) bond motifs is 1. The third kappa shape index (κ3) is 3.13. The summed E-state index contributed by atoms with van der Waals surface area (Å²) in [5.74, 6) is 0.449. The van der Waals surface area contributed by atoms with Crippen molar-refractivity contribution in [1.82, 2.24) is 34.8 Å². The van der Waals surface area contributed by atoms with Gasteiger partial charge in [0.05, 0.1) is 10.7 Å². The molecule has 0 amide bonds. The van der Waals surface area contributed by atoms with Crippen molar-refractivity contribution in [3.63, 3.8) is 0 Å². The highest BCUT2D eigenvalue weighted by Gasteiger charge is 2.24. The Morgan fingerprint density at radius 3 is 2.48 bits per heavy atom. The number of nitrogens with zero attached hydrogens (tertiary/aromatic N) is 7. The topological polar surface area (TPSA) is 73.8 Å². The van der Waals surface area contributed by atoms with Crippen molar-refractivity contribution >= 4 is 40.4 Å². The molecule has 0 aliphatic heterocycles. The second-order valence-electron chi connectivity index (χ2n) is 6.12. The third-order valence-corrected chi connectivity index (χ3v) is 5.15. The van der Waals surface area contributed by atoms with Crippen molar-refractivity contribution in [2.24, 2.45) is 0 Å². The van der Waals surface area contributed by atoms with Gasteiger partial charge < -0.3 is 0 Å². The maximum absolute atomic E-state index is 6.46. The first kappa shape index (κ1) is 18.1. The Morgan fingerprint density at radius 2 is 1.66 bits per heavy atom. The lowest BCUT2D eigenvalue weighted by Gasteiger charge is -2.08. The average molecular weight is 443 g/mol. The Morgan fingerprint density at radius 1 is 0.862 bits per heavy atom. The summed E-state index contributed by atoms with van der Waals surface area (Å²) in [6.07, 6.45) is 1.66. The molecular weight excluding hydrogens is 433 g/mol. The van der Waals surface area contributed by atoms with E-state index in [0.29, 0.717) is 43.5 Å². The lowest BCUT2D eigenvalue weighted by atomic mass is 10.1. The lowest BCUT2D eigenvalue weighted by molar-refractivity contribution is 0.789. The molecule has 0 unspecified atom stereocenters. The summed E-state index contributed by atoms with van der Waals surface area (Å²) in [5.41, 5.74) is 3.18. The van der Waals surface area contributed by atoms with Crippen LogP contribution in [0.1, 0.15) is 0 Å². The third-order valence-electron chi connectivity index (χ3n) is 4.33. The Balaban J connectivity index is 1.82. The lowest BCUT2D eigenvalue weighted by Crippen LogP contribution is -2.03. The molecule has 29 heavy (non-hydrogen) atoms. The molecule has 0 fully saturated rings. The molecule has 5 rings (SSSR count). The summed E-state index contributed by atoms with van der Waals surface area (Å²) in [6, 6.07) is 16.0. The predicted octanol–water partition coefficient (Wildman–Crippen LogP) is 5.00. The van der Waals surface area contributed by atoms with Crippen molar-refractivity contribution in [2.75, 3.05) is 0 Å². The minimum atomic E-state index is 0.449. The molecule has 0 saturated carbocycles. The quantitative estimate of drug-likeness (QED) is 0.393. The first-order valence-electron chi connectivity index (χ1n) is 8.46. The average Bonchev–Trinajstić information content (AvgIpc) is 3.34. The van der Waals surface area contributed by atoms with Gasteiger partial charge in [-0.15, -0.1) is 5.10 Å². The molecule has 0 radical (unpaired) electrons. The first-order valence-corrected chi connectivity index (χ1v) is 9.59. The van der Waals surface area contributed by atoms with Gasteiger partial charge in [-0.25, -0.2) is 9.50 Å². The summed E-state index contributed by atoms with van der Waals surface area (Å²) in [6.45, 7) is 0. The van der Waals surface area contributed by atoms with Crippen molar-refractivity contribution < 1.29 is 0 Å². The van der Waals surface area contributed by atoms with Crippen LogP contribution in [0.3, 0.4) is 0 Å². The number of hydrogen-bond donors (Lipinski definition) is 0. The predicted molar refractivity (Wildman–Crippen MR) is 112 cm³/mol. The molecule has 0 N–H and O–H groups in total. The molecule has 3 heterocycles. The van der Waals surface area contributed by atoms with Crippen LogP contribution in [-0.2, 0) is 0 Å². The second kappa shape index (κ2) is 7.11. The zero-order valence-electron chi connectivity index (χ0n) is 14.5. The van der Waals surface area contributed by atoms with Crippen LogP contribution in [-0.4, -0.2) is 34.8 Å². The first-order chi connectivity index (χ1) is 14.1. The largest absolute Gasteiger partial charge is 0.226 e. The summed E-state index contributed by atoms with van der Waals surface area (Å²) in [4.78, 5) is 4.72. The van der Waals surface area contributed by atoms with Crippen LogP contribution in [0.4, 0.5) is 0 Å². The van der Waals surface area contributed by atoms with Gasteiger partial charge in [0.15, 0.2) is 5.65 Å². The molecule has 0 aliphatic rings. The van der Waals surface area contributed by atoms with Crippen LogP contribution in [0.15, 0.2) is 60.8 Å². The van der Waals surface area contributed by atoms with Crippen molar-refractivity contribution in [3.8, 4) is 28.5 Å². The Bertz CT molecular complexity index is 1340. The van der Waals surface area contributed by atoms with Gasteiger partial charge >= 0.3 is 0 Å². The van der Waals surface area contributed by atoms with E-state index in [0.717, 1.165) is 5.69 Å². The molecule has 3 aromatic heterocycles. The van der Waals surface area contributed by atoms with E-state index in [9.17, 15) is 0 Å². The van der Waals surface area contributed by atoms with Crippen molar-refractivity contribution in [1.29, 1.82) is 0 Å². The Kier molecular flexibility index (Phi) is 4.43. The summed E-state index contributed by atoms with van der Waals surface area (Å²) in [5, 5.41) is 18.3. The molecule has 0 atom stereocenters. The normalized spacial score (nSPS) is 11.3. The van der Waals surface area contributed by atoms with Crippen molar-refractivity contribution in [3.05, 3.63) is 75.9 Å². The SMILES string of the molecule is Clc1ccc(-n2nnnc2-c2c(-c3cc(Cl)ccc3Cl)nc3cccnn23)cc1. The van der Waals surface area contributed by atoms with E-state index in [-0.39, 0.29) is 0 Å². The molecule has 0 aliphatic carbocycles. The highest BCUT2D eigenvalue weighted by Crippen LogP contribution is 2.37. The number of benzene rings is 2. The van der Waals surface area contributed by atoms with Gasteiger partial charge in [0.2, 0.25) is 5.82 Å². The molecule has 7 nitrogen and oxygen atoms in total. The highest BCUT2D eigenvalue weighted by molar-refractivity contribution is 6.35. The fourth-order valence-corrected chi connectivity index (χ4v) is 3.55. The van der Waals surface area contributed by atoms with E-state index in [4.69, 9.17) is 39.8 Å². The zero-order valence-corrected chi connectivity index (χ0v) is 16.8. The maximum Gasteiger partial charge on any atom is 0.207 e. The second-order valence-corrected chi connectivity index (χ2v) is 7.40. The number of rotatable bonds is 3. The van der Waals surface area contributed by atoms with Gasteiger partial charge in [0.25, 0.3) is 0 Å². The van der Waals surface area contributed by atoms with Crippen LogP contribution in [0.5, 0.6) is 0 Å². The zero-order chi connectivity index (χ0) is 20.0. The molecule has 2 aromatic carbocycles. The van der Waals surface area contributed by atoms with E-state index in [1.807, 2.05) is 18.2 Å². The van der Waals surface area contributed by atoms with Gasteiger partial charge in [0.1, 0.15) is 11.4 Å². The number of tetrazole rings is 1. The number of imidazole rings is 1. The number of halogens is 3. The summed E-state index contributed by atoms with van der Waals surface area (Å²) < 4.78 is 3.26.